The zero-order chi connectivity index (χ0) is 13.8. The van der Waals surface area contributed by atoms with Gasteiger partial charge in [-0.2, -0.15) is 16.7 Å². The Labute approximate surface area is 125 Å². The van der Waals surface area contributed by atoms with Gasteiger partial charge >= 0.3 is 0 Å². The van der Waals surface area contributed by atoms with Gasteiger partial charge in [0.2, 0.25) is 5.89 Å². The summed E-state index contributed by atoms with van der Waals surface area (Å²) >= 11 is 2.01. The first-order chi connectivity index (χ1) is 9.86. The Morgan fingerprint density at radius 1 is 1.15 bits per heavy atom. The molecule has 20 heavy (non-hydrogen) atoms. The fourth-order valence-electron chi connectivity index (χ4n) is 3.50. The minimum absolute atomic E-state index is 0.418. The molecule has 2 atom stereocenters. The zero-order valence-corrected chi connectivity index (χ0v) is 13.1. The highest BCUT2D eigenvalue weighted by molar-refractivity contribution is 7.99. The molecule has 5 heteroatoms. The van der Waals surface area contributed by atoms with Crippen LogP contribution in [0.4, 0.5) is 0 Å². The molecule has 0 bridgehead atoms. The van der Waals surface area contributed by atoms with Gasteiger partial charge in [0.25, 0.3) is 0 Å². The number of hydrogen-bond acceptors (Lipinski definition) is 5. The lowest BCUT2D eigenvalue weighted by atomic mass is 10.0. The van der Waals surface area contributed by atoms with Crippen molar-refractivity contribution in [2.45, 2.75) is 74.3 Å². The summed E-state index contributed by atoms with van der Waals surface area (Å²) in [5.74, 6) is 3.06. The van der Waals surface area contributed by atoms with E-state index in [0.717, 1.165) is 22.7 Å². The molecule has 1 aromatic heterocycles. The van der Waals surface area contributed by atoms with Crippen LogP contribution in [-0.4, -0.2) is 28.5 Å². The van der Waals surface area contributed by atoms with Crippen LogP contribution >= 0.6 is 11.8 Å². The van der Waals surface area contributed by atoms with Gasteiger partial charge in [0.05, 0.1) is 11.7 Å². The number of hydrogen-bond donors (Lipinski definition) is 1. The van der Waals surface area contributed by atoms with Crippen LogP contribution in [0.5, 0.6) is 0 Å². The Morgan fingerprint density at radius 2 is 2.00 bits per heavy atom. The van der Waals surface area contributed by atoms with E-state index in [4.69, 9.17) is 4.52 Å². The van der Waals surface area contributed by atoms with Crippen molar-refractivity contribution < 1.29 is 4.52 Å². The minimum atomic E-state index is 0.418. The lowest BCUT2D eigenvalue weighted by Crippen LogP contribution is -2.27. The first kappa shape index (κ1) is 14.4. The maximum atomic E-state index is 5.51. The van der Waals surface area contributed by atoms with Crippen LogP contribution in [0.25, 0.3) is 0 Å². The van der Waals surface area contributed by atoms with Crippen molar-refractivity contribution >= 4 is 11.8 Å². The van der Waals surface area contributed by atoms with Crippen molar-refractivity contribution in [1.82, 2.24) is 15.5 Å². The van der Waals surface area contributed by atoms with Crippen molar-refractivity contribution in [3.8, 4) is 0 Å². The Hall–Kier alpha value is -0.550. The predicted molar refractivity (Wildman–Crippen MR) is 81.9 cm³/mol. The molecule has 2 fully saturated rings. The van der Waals surface area contributed by atoms with Crippen molar-refractivity contribution in [3.63, 3.8) is 0 Å². The van der Waals surface area contributed by atoms with Gasteiger partial charge in [-0.1, -0.05) is 30.8 Å². The Balaban J connectivity index is 1.53. The molecule has 1 N–H and O–H groups in total. The molecule has 0 aliphatic heterocycles. The van der Waals surface area contributed by atoms with E-state index in [1.807, 2.05) is 18.8 Å². The second kappa shape index (κ2) is 6.94. The van der Waals surface area contributed by atoms with Crippen molar-refractivity contribution in [3.05, 3.63) is 11.7 Å². The minimum Gasteiger partial charge on any atom is -0.339 e. The van der Waals surface area contributed by atoms with Crippen LogP contribution in [0.1, 0.15) is 69.0 Å². The van der Waals surface area contributed by atoms with Crippen LogP contribution < -0.4 is 5.32 Å². The molecule has 2 aliphatic carbocycles. The zero-order valence-electron chi connectivity index (χ0n) is 12.3. The highest BCUT2D eigenvalue weighted by Gasteiger charge is 2.31. The van der Waals surface area contributed by atoms with E-state index in [-0.39, 0.29) is 0 Å². The van der Waals surface area contributed by atoms with E-state index in [1.54, 1.807) is 0 Å². The summed E-state index contributed by atoms with van der Waals surface area (Å²) in [5, 5.41) is 8.36. The lowest BCUT2D eigenvalue weighted by molar-refractivity contribution is 0.333. The van der Waals surface area contributed by atoms with E-state index in [1.165, 1.54) is 51.4 Å². The number of nitrogens with one attached hydrogen (secondary N) is 1. The molecule has 0 aromatic carbocycles. The van der Waals surface area contributed by atoms with Gasteiger partial charge in [0, 0.05) is 11.3 Å². The highest BCUT2D eigenvalue weighted by atomic mass is 32.2. The Bertz CT molecular complexity index is 417. The maximum Gasteiger partial charge on any atom is 0.231 e. The summed E-state index contributed by atoms with van der Waals surface area (Å²) in [5.41, 5.74) is 0. The first-order valence-electron chi connectivity index (χ1n) is 7.98. The number of likely N-dealkylation sites (N-methyl/N-ethyl adjacent to an activating group) is 1. The van der Waals surface area contributed by atoms with Crippen molar-refractivity contribution in [2.75, 3.05) is 7.05 Å². The van der Waals surface area contributed by atoms with E-state index >= 15 is 0 Å². The smallest absolute Gasteiger partial charge is 0.231 e. The van der Waals surface area contributed by atoms with E-state index in [9.17, 15) is 0 Å². The van der Waals surface area contributed by atoms with Crippen LogP contribution in [0.3, 0.4) is 0 Å². The topological polar surface area (TPSA) is 51.0 Å². The van der Waals surface area contributed by atoms with Gasteiger partial charge in [-0.05, 0) is 32.7 Å². The molecule has 3 rings (SSSR count). The third kappa shape index (κ3) is 3.37. The molecular weight excluding hydrogens is 270 g/mol. The average molecular weight is 295 g/mol. The molecule has 0 amide bonds. The number of aromatic nitrogens is 2. The molecule has 0 spiro atoms. The number of rotatable bonds is 5. The second-order valence-corrected chi connectivity index (χ2v) is 7.34. The molecule has 2 aliphatic rings. The van der Waals surface area contributed by atoms with Crippen LogP contribution in [0.2, 0.25) is 0 Å². The summed E-state index contributed by atoms with van der Waals surface area (Å²) in [6, 6.07) is 0.509. The fraction of sp³-hybridized carbons (Fsp3) is 0.867. The monoisotopic (exact) mass is 295 g/mol. The van der Waals surface area contributed by atoms with Gasteiger partial charge in [-0.15, -0.1) is 0 Å². The normalized spacial score (nSPS) is 28.1. The summed E-state index contributed by atoms with van der Waals surface area (Å²) in [7, 11) is 2.03. The molecule has 112 valence electrons. The molecule has 0 saturated heterocycles. The number of thioether (sulfide) groups is 1. The summed E-state index contributed by atoms with van der Waals surface area (Å²) in [6.45, 7) is 0. The molecule has 1 aromatic rings. The van der Waals surface area contributed by atoms with Crippen LogP contribution in [-0.2, 0) is 5.75 Å². The molecule has 2 unspecified atom stereocenters. The molecule has 1 heterocycles. The largest absolute Gasteiger partial charge is 0.339 e. The average Bonchev–Trinajstić information content (AvgIpc) is 3.14. The van der Waals surface area contributed by atoms with E-state index in [2.05, 4.69) is 15.5 Å². The van der Waals surface area contributed by atoms with Gasteiger partial charge < -0.3 is 9.84 Å². The molecule has 0 radical (unpaired) electrons. The lowest BCUT2D eigenvalue weighted by Gasteiger charge is -2.20. The van der Waals surface area contributed by atoms with Gasteiger partial charge in [0.1, 0.15) is 0 Å². The standard InChI is InChI=1S/C15H25N3OS/c1-16-13-9-5-8-12(13)15-17-14(18-19-15)10-20-11-6-3-2-4-7-11/h11-13,16H,2-10H2,1H3. The molecule has 2 saturated carbocycles. The summed E-state index contributed by atoms with van der Waals surface area (Å²) in [4.78, 5) is 4.64. The third-order valence-corrected chi connectivity index (χ3v) is 6.06. The Kier molecular flexibility index (Phi) is 4.99. The highest BCUT2D eigenvalue weighted by Crippen LogP contribution is 2.34. The summed E-state index contributed by atoms with van der Waals surface area (Å²) < 4.78 is 5.51. The Morgan fingerprint density at radius 3 is 2.80 bits per heavy atom. The van der Waals surface area contributed by atoms with Crippen LogP contribution in [0, 0.1) is 0 Å². The first-order valence-corrected chi connectivity index (χ1v) is 9.03. The maximum absolute atomic E-state index is 5.51. The quantitative estimate of drug-likeness (QED) is 0.901. The predicted octanol–water partition coefficient (Wildman–Crippen LogP) is 3.49. The SMILES string of the molecule is CNC1CCCC1c1nc(CSC2CCCCC2)no1. The fourth-order valence-corrected chi connectivity index (χ4v) is 4.67. The van der Waals surface area contributed by atoms with Gasteiger partial charge in [-0.25, -0.2) is 0 Å². The second-order valence-electron chi connectivity index (χ2n) is 6.05. The summed E-state index contributed by atoms with van der Waals surface area (Å²) in [6.07, 6.45) is 10.6. The third-order valence-electron chi connectivity index (χ3n) is 4.69. The van der Waals surface area contributed by atoms with E-state index < -0.39 is 0 Å². The molecule has 4 nitrogen and oxygen atoms in total. The van der Waals surface area contributed by atoms with E-state index in [0.29, 0.717) is 12.0 Å². The van der Waals surface area contributed by atoms with Crippen molar-refractivity contribution in [2.24, 2.45) is 0 Å². The van der Waals surface area contributed by atoms with Gasteiger partial charge in [0.15, 0.2) is 5.82 Å². The molecular formula is C15H25N3OS. The van der Waals surface area contributed by atoms with Gasteiger partial charge in [-0.3, -0.25) is 0 Å². The number of nitrogens with zero attached hydrogens (tertiary/aromatic N) is 2. The van der Waals surface area contributed by atoms with Crippen LogP contribution in [0.15, 0.2) is 4.52 Å². The van der Waals surface area contributed by atoms with Crippen molar-refractivity contribution in [1.29, 1.82) is 0 Å².